The molecule has 4 aromatic rings. The quantitative estimate of drug-likeness (QED) is 0.508. The first-order valence-electron chi connectivity index (χ1n) is 11.1. The van der Waals surface area contributed by atoms with Gasteiger partial charge in [-0.05, 0) is 36.2 Å². The highest BCUT2D eigenvalue weighted by Gasteiger charge is 2.21. The van der Waals surface area contributed by atoms with E-state index in [1.807, 2.05) is 31.6 Å². The Kier molecular flexibility index (Phi) is 5.70. The summed E-state index contributed by atoms with van der Waals surface area (Å²) in [4.78, 5) is 31.0. The van der Waals surface area contributed by atoms with Crippen LogP contribution in [-0.2, 0) is 7.05 Å². The predicted molar refractivity (Wildman–Crippen MR) is 128 cm³/mol. The number of nitrogens with zero attached hydrogens (tertiary/aromatic N) is 7. The van der Waals surface area contributed by atoms with Gasteiger partial charge in [-0.1, -0.05) is 6.92 Å². The second-order valence-electron chi connectivity index (χ2n) is 8.14. The van der Waals surface area contributed by atoms with Crippen LogP contribution in [0.1, 0.15) is 17.3 Å². The van der Waals surface area contributed by atoms with Crippen LogP contribution in [0.2, 0.25) is 0 Å². The maximum atomic E-state index is 12.8. The van der Waals surface area contributed by atoms with E-state index in [4.69, 9.17) is 9.97 Å². The number of amides is 1. The molecule has 0 spiro atoms. The minimum absolute atomic E-state index is 0.215. The first-order chi connectivity index (χ1) is 16.1. The van der Waals surface area contributed by atoms with E-state index in [0.29, 0.717) is 11.4 Å². The standard InChI is InChI=1S/C24H26N8O/c1-3-31-8-10-32(11-9-31)23-20-15-26-21(19-14-27-30(2)16-19)12-18(20)13-22(28-23)29-24(33)17-4-6-25-7-5-17/h4-7,12-16H,3,8-11H2,1-2H3,(H,28,29,33). The molecule has 168 valence electrons. The number of aryl methyl sites for hydroxylation is 1. The fourth-order valence-corrected chi connectivity index (χ4v) is 4.12. The van der Waals surface area contributed by atoms with Crippen LogP contribution in [-0.4, -0.2) is 68.3 Å². The summed E-state index contributed by atoms with van der Waals surface area (Å²) in [5.41, 5.74) is 2.31. The molecule has 1 aliphatic rings. The van der Waals surface area contributed by atoms with E-state index in [2.05, 4.69) is 32.1 Å². The highest BCUT2D eigenvalue weighted by Crippen LogP contribution is 2.31. The van der Waals surface area contributed by atoms with Gasteiger partial charge in [-0.15, -0.1) is 0 Å². The van der Waals surface area contributed by atoms with E-state index < -0.39 is 0 Å². The van der Waals surface area contributed by atoms with E-state index in [1.54, 1.807) is 35.4 Å². The van der Waals surface area contributed by atoms with Crippen LogP contribution in [0.3, 0.4) is 0 Å². The molecule has 1 aliphatic heterocycles. The lowest BCUT2D eigenvalue weighted by Crippen LogP contribution is -2.46. The predicted octanol–water partition coefficient (Wildman–Crippen LogP) is 2.82. The van der Waals surface area contributed by atoms with Gasteiger partial charge in [-0.3, -0.25) is 19.4 Å². The normalized spacial score (nSPS) is 14.5. The zero-order valence-corrected chi connectivity index (χ0v) is 18.8. The number of rotatable bonds is 5. The lowest BCUT2D eigenvalue weighted by molar-refractivity contribution is 0.102. The Bertz CT molecular complexity index is 1280. The maximum Gasteiger partial charge on any atom is 0.256 e. The molecule has 0 atom stereocenters. The van der Waals surface area contributed by atoms with Crippen molar-refractivity contribution in [2.45, 2.75) is 6.92 Å². The fourth-order valence-electron chi connectivity index (χ4n) is 4.12. The Balaban J connectivity index is 1.55. The Morgan fingerprint density at radius 2 is 1.88 bits per heavy atom. The number of carbonyl (C=O) groups is 1. The van der Waals surface area contributed by atoms with E-state index in [-0.39, 0.29) is 5.91 Å². The summed E-state index contributed by atoms with van der Waals surface area (Å²) in [6.07, 6.45) is 8.82. The minimum atomic E-state index is -0.215. The minimum Gasteiger partial charge on any atom is -0.353 e. The van der Waals surface area contributed by atoms with E-state index in [1.165, 1.54) is 0 Å². The number of aromatic nitrogens is 5. The topological polar surface area (TPSA) is 92.1 Å². The van der Waals surface area contributed by atoms with Gasteiger partial charge in [0.05, 0.1) is 11.9 Å². The summed E-state index contributed by atoms with van der Waals surface area (Å²) in [5.74, 6) is 1.15. The van der Waals surface area contributed by atoms with Crippen molar-refractivity contribution in [3.8, 4) is 11.3 Å². The highest BCUT2D eigenvalue weighted by molar-refractivity contribution is 6.05. The number of hydrogen-bond donors (Lipinski definition) is 1. The van der Waals surface area contributed by atoms with Crippen molar-refractivity contribution < 1.29 is 4.79 Å². The van der Waals surface area contributed by atoms with Crippen LogP contribution in [0.5, 0.6) is 0 Å². The molecule has 0 radical (unpaired) electrons. The molecular weight excluding hydrogens is 416 g/mol. The maximum absolute atomic E-state index is 12.8. The highest BCUT2D eigenvalue weighted by atomic mass is 16.1. The summed E-state index contributed by atoms with van der Waals surface area (Å²) in [6, 6.07) is 7.31. The van der Waals surface area contributed by atoms with Crippen molar-refractivity contribution in [1.82, 2.24) is 29.6 Å². The van der Waals surface area contributed by atoms with Crippen LogP contribution >= 0.6 is 0 Å². The van der Waals surface area contributed by atoms with Gasteiger partial charge in [0.2, 0.25) is 0 Å². The molecule has 5 heterocycles. The van der Waals surface area contributed by atoms with E-state index in [0.717, 1.165) is 60.6 Å². The molecule has 0 bridgehead atoms. The number of pyridine rings is 3. The number of anilines is 2. The summed E-state index contributed by atoms with van der Waals surface area (Å²) >= 11 is 0. The van der Waals surface area contributed by atoms with Crippen LogP contribution in [0.15, 0.2) is 55.2 Å². The van der Waals surface area contributed by atoms with Crippen molar-refractivity contribution in [2.75, 3.05) is 42.9 Å². The third kappa shape index (κ3) is 4.40. The number of nitrogens with one attached hydrogen (secondary N) is 1. The summed E-state index contributed by atoms with van der Waals surface area (Å²) in [7, 11) is 1.88. The first kappa shape index (κ1) is 21.0. The molecule has 1 N–H and O–H groups in total. The largest absolute Gasteiger partial charge is 0.353 e. The van der Waals surface area contributed by atoms with Crippen molar-refractivity contribution in [3.05, 3.63) is 60.8 Å². The van der Waals surface area contributed by atoms with Crippen LogP contribution in [0, 0.1) is 0 Å². The average molecular weight is 443 g/mol. The SMILES string of the molecule is CCN1CCN(c2nc(NC(=O)c3ccncc3)cc3cc(-c4cnn(C)c4)ncc23)CC1. The lowest BCUT2D eigenvalue weighted by Gasteiger charge is -2.35. The summed E-state index contributed by atoms with van der Waals surface area (Å²) in [5, 5.41) is 9.16. The molecule has 9 nitrogen and oxygen atoms in total. The molecule has 1 amide bonds. The molecular formula is C24H26N8O. The second kappa shape index (κ2) is 8.95. The molecule has 1 saturated heterocycles. The third-order valence-electron chi connectivity index (χ3n) is 6.00. The Morgan fingerprint density at radius 1 is 1.09 bits per heavy atom. The van der Waals surface area contributed by atoms with Gasteiger partial charge in [0.1, 0.15) is 11.6 Å². The molecule has 0 unspecified atom stereocenters. The molecule has 33 heavy (non-hydrogen) atoms. The van der Waals surface area contributed by atoms with Crippen molar-refractivity contribution in [1.29, 1.82) is 0 Å². The summed E-state index contributed by atoms with van der Waals surface area (Å²) in [6.45, 7) is 6.94. The van der Waals surface area contributed by atoms with Crippen molar-refractivity contribution in [3.63, 3.8) is 0 Å². The Labute approximate surface area is 192 Å². The molecule has 1 fully saturated rings. The monoisotopic (exact) mass is 442 g/mol. The van der Waals surface area contributed by atoms with Gasteiger partial charge in [0.15, 0.2) is 0 Å². The number of likely N-dealkylation sites (N-methyl/N-ethyl adjacent to an activating group) is 1. The fraction of sp³-hybridized carbons (Fsp3) is 0.292. The van der Waals surface area contributed by atoms with Gasteiger partial charge in [0.25, 0.3) is 5.91 Å². The molecule has 9 heteroatoms. The van der Waals surface area contributed by atoms with Crippen LogP contribution in [0.25, 0.3) is 22.0 Å². The molecule has 0 aliphatic carbocycles. The molecule has 5 rings (SSSR count). The number of hydrogen-bond acceptors (Lipinski definition) is 7. The number of carbonyl (C=O) groups excluding carboxylic acids is 1. The summed E-state index contributed by atoms with van der Waals surface area (Å²) < 4.78 is 1.76. The zero-order chi connectivity index (χ0) is 22.8. The number of piperazine rings is 1. The Hall–Kier alpha value is -3.85. The second-order valence-corrected chi connectivity index (χ2v) is 8.14. The van der Waals surface area contributed by atoms with Gasteiger partial charge < -0.3 is 15.1 Å². The Morgan fingerprint density at radius 3 is 2.58 bits per heavy atom. The lowest BCUT2D eigenvalue weighted by atomic mass is 10.1. The van der Waals surface area contributed by atoms with Gasteiger partial charge in [0, 0.05) is 74.5 Å². The van der Waals surface area contributed by atoms with Gasteiger partial charge in [-0.25, -0.2) is 4.98 Å². The van der Waals surface area contributed by atoms with Crippen molar-refractivity contribution >= 4 is 28.3 Å². The van der Waals surface area contributed by atoms with Crippen molar-refractivity contribution in [2.24, 2.45) is 7.05 Å². The van der Waals surface area contributed by atoms with Gasteiger partial charge in [-0.2, -0.15) is 5.10 Å². The van der Waals surface area contributed by atoms with E-state index >= 15 is 0 Å². The van der Waals surface area contributed by atoms with Crippen LogP contribution < -0.4 is 10.2 Å². The zero-order valence-electron chi connectivity index (χ0n) is 18.8. The molecule has 4 aromatic heterocycles. The molecule has 0 aromatic carbocycles. The average Bonchev–Trinajstić information content (AvgIpc) is 3.30. The van der Waals surface area contributed by atoms with Gasteiger partial charge >= 0.3 is 0 Å². The first-order valence-corrected chi connectivity index (χ1v) is 11.1. The third-order valence-corrected chi connectivity index (χ3v) is 6.00. The van der Waals surface area contributed by atoms with E-state index in [9.17, 15) is 4.79 Å². The van der Waals surface area contributed by atoms with Crippen LogP contribution in [0.4, 0.5) is 11.6 Å². The molecule has 0 saturated carbocycles. The number of fused-ring (bicyclic) bond motifs is 1. The smallest absolute Gasteiger partial charge is 0.256 e.